The topological polar surface area (TPSA) is 143 Å². The van der Waals surface area contributed by atoms with Gasteiger partial charge in [-0.25, -0.2) is 9.59 Å². The van der Waals surface area contributed by atoms with Gasteiger partial charge in [0.2, 0.25) is 0 Å². The molecule has 0 amide bonds. The van der Waals surface area contributed by atoms with E-state index in [1.54, 1.807) is 12.1 Å². The third kappa shape index (κ3) is 9.75. The van der Waals surface area contributed by atoms with Gasteiger partial charge in [-0.3, -0.25) is 4.79 Å². The van der Waals surface area contributed by atoms with Crippen molar-refractivity contribution in [3.8, 4) is 11.5 Å². The summed E-state index contributed by atoms with van der Waals surface area (Å²) in [6.45, 7) is 4.52. The van der Waals surface area contributed by atoms with Crippen molar-refractivity contribution in [2.45, 2.75) is 158 Å². The Hall–Kier alpha value is -3.58. The van der Waals surface area contributed by atoms with Crippen LogP contribution in [0.5, 0.6) is 11.5 Å². The lowest BCUT2D eigenvalue weighted by Crippen LogP contribution is -2.74. The van der Waals surface area contributed by atoms with Gasteiger partial charge in [-0.2, -0.15) is 13.2 Å². The summed E-state index contributed by atoms with van der Waals surface area (Å²) in [5.41, 5.74) is -0.0818. The molecular weight excluding hydrogens is 695 g/mol. The minimum Gasteiger partial charge on any atom is -0.504 e. The van der Waals surface area contributed by atoms with E-state index in [0.29, 0.717) is 30.8 Å². The fraction of sp³-hybridized carbons (Fsp3) is 0.675. The number of aromatic hydroxyl groups is 1. The third-order valence-corrected chi connectivity index (χ3v) is 11.1. The summed E-state index contributed by atoms with van der Waals surface area (Å²) in [7, 11) is 2.03. The second-order valence-corrected chi connectivity index (χ2v) is 14.8. The highest BCUT2D eigenvalue weighted by molar-refractivity contribution is 5.80. The number of carbonyl (C=O) groups excluding carboxylic acids is 2. The average molecular weight is 752 g/mol. The molecule has 1 aromatic carbocycles. The number of likely N-dealkylation sites (tertiary alicyclic amines) is 1. The lowest BCUT2D eigenvalue weighted by atomic mass is 9.50. The molecule has 0 saturated carbocycles. The van der Waals surface area contributed by atoms with E-state index in [1.165, 1.54) is 58.3 Å². The number of nitrogens with zero attached hydrogens (tertiary/aromatic N) is 1. The molecule has 13 heteroatoms. The number of hydrogen-bond acceptors (Lipinski definition) is 9. The standard InChI is InChI=1S/C38H55NO7.C2HF3O2/c1-4-5-6-7-8-9-10-11-12-13-14-15-16-17-18-19-32(41)44-27(2)36(42)45-30-22-23-38(43)31-26-28-20-21-29(40)34-33(28)37(38,35(30)46-34)24-25-39(31)3;3-2(4,5)1(6)7/h11-12,20-22,27,31,35,40,43H,4-10,13-19,23-26H2,1-3H3;(H,6,7)/b12-11-;/t27?,31-,35+,37+,38-;/m1./s1. The number of rotatable bonds is 18. The molecule has 3 N–H and O–H groups in total. The summed E-state index contributed by atoms with van der Waals surface area (Å²) < 4.78 is 49.4. The maximum atomic E-state index is 13.1. The maximum Gasteiger partial charge on any atom is 0.490 e. The Morgan fingerprint density at radius 3 is 2.25 bits per heavy atom. The molecule has 1 unspecified atom stereocenters. The first kappa shape index (κ1) is 42.2. The molecule has 1 saturated heterocycles. The smallest absolute Gasteiger partial charge is 0.490 e. The zero-order valence-corrected chi connectivity index (χ0v) is 31.2. The lowest BCUT2D eigenvalue weighted by Gasteiger charge is -2.61. The van der Waals surface area contributed by atoms with E-state index in [2.05, 4.69) is 24.0 Å². The van der Waals surface area contributed by atoms with Crippen molar-refractivity contribution in [2.75, 3.05) is 13.6 Å². The van der Waals surface area contributed by atoms with Crippen molar-refractivity contribution in [1.29, 1.82) is 0 Å². The minimum absolute atomic E-state index is 0.0193. The molecule has 2 heterocycles. The fourth-order valence-corrected chi connectivity index (χ4v) is 8.28. The van der Waals surface area contributed by atoms with Crippen LogP contribution in [0, 0.1) is 0 Å². The number of halogens is 3. The first-order chi connectivity index (χ1) is 25.2. The molecule has 296 valence electrons. The molecule has 2 bridgehead atoms. The SMILES string of the molecule is CCCCCCCC/C=C\CCCCCCCC(=O)OC(C)C(=O)OC1=CC[C@@]2(O)[C@H]3Cc4ccc(O)c5c4[C@@]2(CCN3C)[C@H]1O5.O=C(O)C(F)(F)F. The highest BCUT2D eigenvalue weighted by Gasteiger charge is 2.72. The quantitative estimate of drug-likeness (QED) is 0.0772. The van der Waals surface area contributed by atoms with Gasteiger partial charge in [0, 0.05) is 24.4 Å². The van der Waals surface area contributed by atoms with Crippen LogP contribution in [-0.4, -0.2) is 81.7 Å². The summed E-state index contributed by atoms with van der Waals surface area (Å²) >= 11 is 0. The van der Waals surface area contributed by atoms with E-state index in [1.807, 2.05) is 13.1 Å². The summed E-state index contributed by atoms with van der Waals surface area (Å²) in [5.74, 6) is -3.14. The Balaban J connectivity index is 0.000000815. The number of phenols is 1. The number of likely N-dealkylation sites (N-methyl/N-ethyl adjacent to an activating group) is 1. The first-order valence-corrected chi connectivity index (χ1v) is 19.2. The van der Waals surface area contributed by atoms with Crippen LogP contribution in [0.2, 0.25) is 0 Å². The number of unbranched alkanes of at least 4 members (excludes halogenated alkanes) is 11. The number of esters is 2. The molecular formula is C40H56F3NO9. The second kappa shape index (κ2) is 18.6. The van der Waals surface area contributed by atoms with Gasteiger partial charge in [0.25, 0.3) is 0 Å². The van der Waals surface area contributed by atoms with Gasteiger partial charge in [0.1, 0.15) is 5.76 Å². The Morgan fingerprint density at radius 1 is 1.02 bits per heavy atom. The molecule has 1 aromatic rings. The zero-order chi connectivity index (χ0) is 38.8. The third-order valence-electron chi connectivity index (χ3n) is 11.1. The number of aliphatic carboxylic acids is 1. The molecule has 0 aromatic heterocycles. The number of carboxylic acids is 1. The monoisotopic (exact) mass is 751 g/mol. The predicted octanol–water partition coefficient (Wildman–Crippen LogP) is 7.82. The molecule has 2 aliphatic heterocycles. The number of carboxylic acid groups (broad SMARTS) is 1. The predicted molar refractivity (Wildman–Crippen MR) is 191 cm³/mol. The molecule has 5 rings (SSSR count). The van der Waals surface area contributed by atoms with Gasteiger partial charge in [-0.1, -0.05) is 76.5 Å². The van der Waals surface area contributed by atoms with Crippen molar-refractivity contribution in [3.63, 3.8) is 0 Å². The van der Waals surface area contributed by atoms with E-state index in [-0.39, 0.29) is 18.2 Å². The normalized spacial score (nSPS) is 24.7. The molecule has 5 atom stereocenters. The van der Waals surface area contributed by atoms with Crippen molar-refractivity contribution >= 4 is 17.9 Å². The summed E-state index contributed by atoms with van der Waals surface area (Å²) in [5, 5.41) is 30.0. The number of hydrogen-bond donors (Lipinski definition) is 3. The van der Waals surface area contributed by atoms with Crippen LogP contribution in [0.25, 0.3) is 0 Å². The summed E-state index contributed by atoms with van der Waals surface area (Å²) in [4.78, 5) is 36.7. The molecule has 0 radical (unpaired) electrons. The number of piperidine rings is 1. The zero-order valence-electron chi connectivity index (χ0n) is 31.2. The largest absolute Gasteiger partial charge is 0.504 e. The van der Waals surface area contributed by atoms with E-state index < -0.39 is 47.3 Å². The van der Waals surface area contributed by atoms with Gasteiger partial charge < -0.3 is 34.4 Å². The van der Waals surface area contributed by atoms with E-state index in [0.717, 1.165) is 49.8 Å². The molecule has 10 nitrogen and oxygen atoms in total. The number of ether oxygens (including phenoxy) is 3. The molecule has 2 aliphatic carbocycles. The molecule has 53 heavy (non-hydrogen) atoms. The van der Waals surface area contributed by atoms with Crippen LogP contribution in [0.3, 0.4) is 0 Å². The van der Waals surface area contributed by atoms with Gasteiger partial charge >= 0.3 is 24.1 Å². The van der Waals surface area contributed by atoms with Gasteiger partial charge in [0.15, 0.2) is 23.7 Å². The van der Waals surface area contributed by atoms with Crippen LogP contribution in [-0.2, 0) is 35.7 Å². The van der Waals surface area contributed by atoms with Gasteiger partial charge in [-0.15, -0.1) is 0 Å². The highest BCUT2D eigenvalue weighted by atomic mass is 19.4. The Morgan fingerprint density at radius 2 is 1.62 bits per heavy atom. The second-order valence-electron chi connectivity index (χ2n) is 14.8. The number of alkyl halides is 3. The van der Waals surface area contributed by atoms with Gasteiger partial charge in [0.05, 0.1) is 11.0 Å². The Kier molecular flexibility index (Phi) is 14.8. The van der Waals surface area contributed by atoms with Gasteiger partial charge in [-0.05, 0) is 83.2 Å². The number of allylic oxidation sites excluding steroid dienone is 2. The molecule has 1 fully saturated rings. The Labute approximate surface area is 310 Å². The lowest BCUT2D eigenvalue weighted by molar-refractivity contribution is -0.192. The number of carbonyl (C=O) groups is 3. The summed E-state index contributed by atoms with van der Waals surface area (Å²) in [6, 6.07) is 3.42. The van der Waals surface area contributed by atoms with Crippen molar-refractivity contribution < 1.29 is 57.1 Å². The van der Waals surface area contributed by atoms with Crippen molar-refractivity contribution in [3.05, 3.63) is 47.2 Å². The van der Waals surface area contributed by atoms with Crippen LogP contribution in [0.1, 0.15) is 128 Å². The Bertz CT molecular complexity index is 1490. The minimum atomic E-state index is -5.08. The maximum absolute atomic E-state index is 13.1. The fourth-order valence-electron chi connectivity index (χ4n) is 8.28. The summed E-state index contributed by atoms with van der Waals surface area (Å²) in [6.07, 6.45) is 16.7. The average Bonchev–Trinajstić information content (AvgIpc) is 3.46. The van der Waals surface area contributed by atoms with Crippen molar-refractivity contribution in [1.82, 2.24) is 4.90 Å². The molecule has 1 spiro atoms. The highest BCUT2D eigenvalue weighted by Crippen LogP contribution is 2.65. The van der Waals surface area contributed by atoms with Crippen molar-refractivity contribution in [2.24, 2.45) is 0 Å². The van der Waals surface area contributed by atoms with E-state index in [9.17, 15) is 33.0 Å². The van der Waals surface area contributed by atoms with E-state index >= 15 is 0 Å². The van der Waals surface area contributed by atoms with Crippen LogP contribution in [0.15, 0.2) is 36.1 Å². The van der Waals surface area contributed by atoms with E-state index in [4.69, 9.17) is 24.1 Å². The molecule has 4 aliphatic rings. The number of benzene rings is 1. The number of phenolic OH excluding ortho intramolecular Hbond substituents is 1. The first-order valence-electron chi connectivity index (χ1n) is 19.2. The van der Waals surface area contributed by atoms with Crippen LogP contribution in [0.4, 0.5) is 13.2 Å². The van der Waals surface area contributed by atoms with Crippen LogP contribution < -0.4 is 4.74 Å². The number of aliphatic hydroxyl groups is 1. The van der Waals surface area contributed by atoms with Crippen LogP contribution >= 0.6 is 0 Å².